The lowest BCUT2D eigenvalue weighted by Crippen LogP contribution is -2.34. The number of hydrogen-bond acceptors (Lipinski definition) is 5. The molecular weight excluding hydrogens is 322 g/mol. The van der Waals surface area contributed by atoms with Gasteiger partial charge >= 0.3 is 0 Å². The molecule has 1 aromatic carbocycles. The molecule has 0 saturated carbocycles. The van der Waals surface area contributed by atoms with Crippen LogP contribution in [0.3, 0.4) is 0 Å². The highest BCUT2D eigenvalue weighted by Gasteiger charge is 2.16. The Morgan fingerprint density at radius 2 is 2.04 bits per heavy atom. The van der Waals surface area contributed by atoms with Crippen molar-refractivity contribution >= 4 is 16.7 Å². The summed E-state index contributed by atoms with van der Waals surface area (Å²) >= 11 is 0. The van der Waals surface area contributed by atoms with Crippen molar-refractivity contribution in [1.82, 2.24) is 15.0 Å². The molecule has 0 spiro atoms. The molecule has 3 aromatic rings. The predicted octanol–water partition coefficient (Wildman–Crippen LogP) is 1.39. The van der Waals surface area contributed by atoms with E-state index in [4.69, 9.17) is 9.57 Å². The molecule has 25 heavy (non-hydrogen) atoms. The summed E-state index contributed by atoms with van der Waals surface area (Å²) in [6, 6.07) is 12.1. The van der Waals surface area contributed by atoms with Gasteiger partial charge in [0.2, 0.25) is 0 Å². The quantitative estimate of drug-likeness (QED) is 0.760. The van der Waals surface area contributed by atoms with E-state index in [-0.39, 0.29) is 12.2 Å². The summed E-state index contributed by atoms with van der Waals surface area (Å²) in [4.78, 5) is 34.4. The Balaban J connectivity index is 1.98. The van der Waals surface area contributed by atoms with Crippen LogP contribution in [-0.4, -0.2) is 29.8 Å². The van der Waals surface area contributed by atoms with Gasteiger partial charge in [-0.1, -0.05) is 6.07 Å². The van der Waals surface area contributed by atoms with E-state index < -0.39 is 11.5 Å². The van der Waals surface area contributed by atoms with Crippen LogP contribution in [0.2, 0.25) is 0 Å². The molecule has 7 nitrogen and oxygen atoms in total. The molecule has 0 atom stereocenters. The molecular formula is C18H17N3O4. The van der Waals surface area contributed by atoms with Crippen LogP contribution in [0.25, 0.3) is 10.8 Å². The standard InChI is InChI=1S/C18H17N3O4/c1-24-14-6-7-15-12(9-14)10-16(21(25-2)18(15)23)17(22)20-11-13-5-3-4-8-19-13/h3-10H,11H2,1-2H3,(H,20,22). The molecule has 1 amide bonds. The van der Waals surface area contributed by atoms with Crippen LogP contribution in [0, 0.1) is 0 Å². The first-order valence-corrected chi connectivity index (χ1v) is 7.60. The molecule has 2 aromatic heterocycles. The highest BCUT2D eigenvalue weighted by molar-refractivity contribution is 5.96. The van der Waals surface area contributed by atoms with E-state index in [1.54, 1.807) is 42.6 Å². The maximum Gasteiger partial charge on any atom is 0.291 e. The van der Waals surface area contributed by atoms with Crippen LogP contribution in [0.4, 0.5) is 0 Å². The monoisotopic (exact) mass is 339 g/mol. The zero-order chi connectivity index (χ0) is 17.8. The number of carbonyl (C=O) groups is 1. The van der Waals surface area contributed by atoms with E-state index in [1.807, 2.05) is 6.07 Å². The number of hydrogen-bond donors (Lipinski definition) is 1. The highest BCUT2D eigenvalue weighted by Crippen LogP contribution is 2.19. The van der Waals surface area contributed by atoms with Gasteiger partial charge < -0.3 is 14.9 Å². The Bertz CT molecular complexity index is 967. The fourth-order valence-electron chi connectivity index (χ4n) is 2.51. The van der Waals surface area contributed by atoms with Gasteiger partial charge in [-0.15, -0.1) is 4.73 Å². The molecule has 128 valence electrons. The molecule has 0 aliphatic heterocycles. The maximum atomic E-state index is 12.6. The largest absolute Gasteiger partial charge is 0.497 e. The summed E-state index contributed by atoms with van der Waals surface area (Å²) in [6.07, 6.45) is 1.65. The number of aromatic nitrogens is 2. The van der Waals surface area contributed by atoms with Crippen LogP contribution in [0.1, 0.15) is 16.2 Å². The maximum absolute atomic E-state index is 12.6. The van der Waals surface area contributed by atoms with Gasteiger partial charge in [0.15, 0.2) is 0 Å². The predicted molar refractivity (Wildman–Crippen MR) is 92.7 cm³/mol. The number of methoxy groups -OCH3 is 1. The molecule has 7 heteroatoms. The van der Waals surface area contributed by atoms with E-state index in [0.29, 0.717) is 22.2 Å². The van der Waals surface area contributed by atoms with Crippen molar-refractivity contribution in [2.75, 3.05) is 14.2 Å². The summed E-state index contributed by atoms with van der Waals surface area (Å²) in [6.45, 7) is 0.244. The summed E-state index contributed by atoms with van der Waals surface area (Å²) in [5, 5.41) is 3.77. The number of nitrogens with zero attached hydrogens (tertiary/aromatic N) is 2. The Morgan fingerprint density at radius 3 is 2.72 bits per heavy atom. The molecule has 0 unspecified atom stereocenters. The summed E-state index contributed by atoms with van der Waals surface area (Å²) in [7, 11) is 2.88. The normalized spacial score (nSPS) is 10.5. The fraction of sp³-hybridized carbons (Fsp3) is 0.167. The van der Waals surface area contributed by atoms with Crippen molar-refractivity contribution < 1.29 is 14.4 Å². The van der Waals surface area contributed by atoms with E-state index in [0.717, 1.165) is 4.73 Å². The van der Waals surface area contributed by atoms with Crippen LogP contribution in [0.5, 0.6) is 5.75 Å². The van der Waals surface area contributed by atoms with Gasteiger partial charge in [0.1, 0.15) is 18.6 Å². The molecule has 0 saturated heterocycles. The molecule has 0 bridgehead atoms. The molecule has 0 fully saturated rings. The second kappa shape index (κ2) is 7.04. The van der Waals surface area contributed by atoms with Crippen molar-refractivity contribution in [3.63, 3.8) is 0 Å². The number of carbonyl (C=O) groups excluding carboxylic acids is 1. The highest BCUT2D eigenvalue weighted by atomic mass is 16.7. The number of rotatable bonds is 5. The Labute approximate surface area is 143 Å². The zero-order valence-electron chi connectivity index (χ0n) is 13.9. The summed E-state index contributed by atoms with van der Waals surface area (Å²) < 4.78 is 6.15. The van der Waals surface area contributed by atoms with Gasteiger partial charge in [0.25, 0.3) is 11.5 Å². The van der Waals surface area contributed by atoms with Crippen LogP contribution < -0.4 is 20.5 Å². The molecule has 0 aliphatic rings. The van der Waals surface area contributed by atoms with Crippen molar-refractivity contribution in [3.05, 3.63) is 70.4 Å². The minimum Gasteiger partial charge on any atom is -0.497 e. The van der Waals surface area contributed by atoms with Crippen molar-refractivity contribution in [1.29, 1.82) is 0 Å². The Morgan fingerprint density at radius 1 is 1.20 bits per heavy atom. The third-order valence-electron chi connectivity index (χ3n) is 3.76. The topological polar surface area (TPSA) is 82.5 Å². The van der Waals surface area contributed by atoms with E-state index in [2.05, 4.69) is 10.3 Å². The van der Waals surface area contributed by atoms with Crippen LogP contribution in [0.15, 0.2) is 53.5 Å². The number of pyridine rings is 2. The number of ether oxygens (including phenoxy) is 1. The lowest BCUT2D eigenvalue weighted by atomic mass is 10.1. The number of fused-ring (bicyclic) bond motifs is 1. The number of nitrogens with one attached hydrogen (secondary N) is 1. The molecule has 2 heterocycles. The minimum atomic E-state index is -0.436. The molecule has 1 N–H and O–H groups in total. The lowest BCUT2D eigenvalue weighted by molar-refractivity contribution is 0.0881. The third kappa shape index (κ3) is 3.30. The smallest absolute Gasteiger partial charge is 0.291 e. The SMILES string of the molecule is COc1ccc2c(=O)n(OC)c(C(=O)NCc3ccccn3)cc2c1. The van der Waals surface area contributed by atoms with Gasteiger partial charge in [-0.3, -0.25) is 14.6 Å². The van der Waals surface area contributed by atoms with Crippen LogP contribution >= 0.6 is 0 Å². The van der Waals surface area contributed by atoms with E-state index in [1.165, 1.54) is 14.2 Å². The van der Waals surface area contributed by atoms with Crippen molar-refractivity contribution in [2.45, 2.75) is 6.54 Å². The van der Waals surface area contributed by atoms with Gasteiger partial charge in [-0.2, -0.15) is 0 Å². The minimum absolute atomic E-state index is 0.101. The first-order chi connectivity index (χ1) is 12.1. The zero-order valence-corrected chi connectivity index (χ0v) is 13.9. The number of benzene rings is 1. The lowest BCUT2D eigenvalue weighted by Gasteiger charge is -2.13. The first kappa shape index (κ1) is 16.5. The Hall–Kier alpha value is -3.35. The average molecular weight is 339 g/mol. The first-order valence-electron chi connectivity index (χ1n) is 7.60. The average Bonchev–Trinajstić information content (AvgIpc) is 2.66. The third-order valence-corrected chi connectivity index (χ3v) is 3.76. The molecule has 0 aliphatic carbocycles. The van der Waals surface area contributed by atoms with Crippen molar-refractivity contribution in [2.24, 2.45) is 0 Å². The Kier molecular flexibility index (Phi) is 4.65. The van der Waals surface area contributed by atoms with Gasteiger partial charge in [0, 0.05) is 6.20 Å². The second-order valence-corrected chi connectivity index (χ2v) is 5.27. The molecule has 0 radical (unpaired) electrons. The van der Waals surface area contributed by atoms with Gasteiger partial charge in [-0.05, 0) is 41.8 Å². The van der Waals surface area contributed by atoms with Crippen molar-refractivity contribution in [3.8, 4) is 5.75 Å². The van der Waals surface area contributed by atoms with E-state index in [9.17, 15) is 9.59 Å². The van der Waals surface area contributed by atoms with Gasteiger partial charge in [0.05, 0.1) is 24.7 Å². The fourth-order valence-corrected chi connectivity index (χ4v) is 2.51. The van der Waals surface area contributed by atoms with E-state index >= 15 is 0 Å². The second-order valence-electron chi connectivity index (χ2n) is 5.27. The van der Waals surface area contributed by atoms with Crippen LogP contribution in [-0.2, 0) is 6.54 Å². The number of amides is 1. The summed E-state index contributed by atoms with van der Waals surface area (Å²) in [5.74, 6) is 0.163. The van der Waals surface area contributed by atoms with Gasteiger partial charge in [-0.25, -0.2) is 0 Å². The summed E-state index contributed by atoms with van der Waals surface area (Å²) in [5.41, 5.74) is 0.402. The molecule has 3 rings (SSSR count).